The smallest absolute Gasteiger partial charge is 0.278 e. The van der Waals surface area contributed by atoms with Gasteiger partial charge in [-0.25, -0.2) is 4.98 Å². The second-order valence-corrected chi connectivity index (χ2v) is 6.92. The summed E-state index contributed by atoms with van der Waals surface area (Å²) < 4.78 is 24.1. The first-order chi connectivity index (χ1) is 14.7. The minimum absolute atomic E-state index is 0.0528. The first-order valence-electron chi connectivity index (χ1n) is 9.53. The standard InChI is InChI=1S/C22H20N4O4/c1-27-16-7-3-14(4-8-16)19-11-26-13-23-20(18(26)12-29-19)22-24-21(25-30-22)15-5-9-17(28-2)10-6-15/h3-10,13,19H,11-12H2,1-2H3/t19-/m0/s1. The lowest BCUT2D eigenvalue weighted by Crippen LogP contribution is -2.20. The third-order valence-electron chi connectivity index (χ3n) is 5.19. The third kappa shape index (κ3) is 3.31. The van der Waals surface area contributed by atoms with Crippen molar-refractivity contribution in [3.63, 3.8) is 0 Å². The highest BCUT2D eigenvalue weighted by molar-refractivity contribution is 5.59. The van der Waals surface area contributed by atoms with Crippen molar-refractivity contribution in [2.75, 3.05) is 14.2 Å². The van der Waals surface area contributed by atoms with Crippen molar-refractivity contribution in [1.29, 1.82) is 0 Å². The summed E-state index contributed by atoms with van der Waals surface area (Å²) in [6.45, 7) is 1.07. The Morgan fingerprint density at radius 3 is 2.37 bits per heavy atom. The zero-order valence-corrected chi connectivity index (χ0v) is 16.6. The summed E-state index contributed by atoms with van der Waals surface area (Å²) in [6.07, 6.45) is 1.74. The first-order valence-corrected chi connectivity index (χ1v) is 9.53. The van der Waals surface area contributed by atoms with E-state index in [1.807, 2.05) is 48.5 Å². The molecule has 4 aromatic rings. The van der Waals surface area contributed by atoms with Gasteiger partial charge in [-0.05, 0) is 42.0 Å². The molecule has 0 aliphatic carbocycles. The second kappa shape index (κ2) is 7.64. The molecular weight excluding hydrogens is 384 g/mol. The lowest BCUT2D eigenvalue weighted by molar-refractivity contribution is 0.00328. The Labute approximate surface area is 173 Å². The maximum absolute atomic E-state index is 6.10. The minimum atomic E-state index is -0.0528. The topological polar surface area (TPSA) is 84.4 Å². The fraction of sp³-hybridized carbons (Fsp3) is 0.227. The molecule has 0 spiro atoms. The minimum Gasteiger partial charge on any atom is -0.497 e. The summed E-state index contributed by atoms with van der Waals surface area (Å²) >= 11 is 0. The van der Waals surface area contributed by atoms with Crippen molar-refractivity contribution in [2.24, 2.45) is 0 Å². The van der Waals surface area contributed by atoms with Gasteiger partial charge in [-0.15, -0.1) is 0 Å². The number of ether oxygens (including phenoxy) is 3. The van der Waals surface area contributed by atoms with Crippen molar-refractivity contribution >= 4 is 0 Å². The number of rotatable bonds is 5. The maximum atomic E-state index is 6.10. The fourth-order valence-electron chi connectivity index (χ4n) is 3.50. The van der Waals surface area contributed by atoms with E-state index in [0.29, 0.717) is 30.6 Å². The monoisotopic (exact) mass is 404 g/mol. The summed E-state index contributed by atoms with van der Waals surface area (Å²) in [5.74, 6) is 2.47. The van der Waals surface area contributed by atoms with Crippen LogP contribution in [0.25, 0.3) is 23.0 Å². The van der Waals surface area contributed by atoms with Gasteiger partial charge in [-0.1, -0.05) is 17.3 Å². The number of benzene rings is 2. The Balaban J connectivity index is 1.37. The van der Waals surface area contributed by atoms with Gasteiger partial charge in [0.1, 0.15) is 17.6 Å². The molecule has 152 valence electrons. The average molecular weight is 404 g/mol. The largest absolute Gasteiger partial charge is 0.497 e. The van der Waals surface area contributed by atoms with E-state index >= 15 is 0 Å². The van der Waals surface area contributed by atoms with E-state index in [9.17, 15) is 0 Å². The van der Waals surface area contributed by atoms with Gasteiger partial charge in [0, 0.05) is 5.56 Å². The fourth-order valence-corrected chi connectivity index (χ4v) is 3.50. The van der Waals surface area contributed by atoms with Gasteiger partial charge < -0.3 is 23.3 Å². The van der Waals surface area contributed by atoms with Crippen LogP contribution in [0.4, 0.5) is 0 Å². The molecule has 1 aliphatic rings. The van der Waals surface area contributed by atoms with Crippen LogP contribution in [0.3, 0.4) is 0 Å². The van der Waals surface area contributed by atoms with Gasteiger partial charge in [-0.3, -0.25) is 0 Å². The zero-order valence-electron chi connectivity index (χ0n) is 16.6. The number of hydrogen-bond donors (Lipinski definition) is 0. The Morgan fingerprint density at radius 1 is 0.967 bits per heavy atom. The van der Waals surface area contributed by atoms with Crippen LogP contribution in [-0.2, 0) is 17.9 Å². The third-order valence-corrected chi connectivity index (χ3v) is 5.19. The molecule has 0 N–H and O–H groups in total. The van der Waals surface area contributed by atoms with Gasteiger partial charge in [-0.2, -0.15) is 4.98 Å². The van der Waals surface area contributed by atoms with Crippen LogP contribution >= 0.6 is 0 Å². The Bertz CT molecular complexity index is 1150. The van der Waals surface area contributed by atoms with Gasteiger partial charge >= 0.3 is 0 Å². The van der Waals surface area contributed by atoms with Crippen molar-refractivity contribution in [3.05, 3.63) is 66.1 Å². The maximum Gasteiger partial charge on any atom is 0.278 e. The van der Waals surface area contributed by atoms with E-state index in [2.05, 4.69) is 19.7 Å². The van der Waals surface area contributed by atoms with Crippen LogP contribution in [0.2, 0.25) is 0 Å². The molecule has 8 nitrogen and oxygen atoms in total. The van der Waals surface area contributed by atoms with E-state index in [-0.39, 0.29) is 6.10 Å². The average Bonchev–Trinajstić information content (AvgIpc) is 3.46. The normalized spacial score (nSPS) is 15.6. The molecular formula is C22H20N4O4. The number of fused-ring (bicyclic) bond motifs is 1. The molecule has 30 heavy (non-hydrogen) atoms. The van der Waals surface area contributed by atoms with Crippen molar-refractivity contribution < 1.29 is 18.7 Å². The van der Waals surface area contributed by atoms with Crippen molar-refractivity contribution in [2.45, 2.75) is 19.3 Å². The molecule has 0 bridgehead atoms. The number of hydrogen-bond acceptors (Lipinski definition) is 7. The molecule has 0 amide bonds. The first kappa shape index (κ1) is 18.4. The lowest BCUT2D eigenvalue weighted by atomic mass is 10.1. The number of methoxy groups -OCH3 is 2. The van der Waals surface area contributed by atoms with Crippen molar-refractivity contribution in [1.82, 2.24) is 19.7 Å². The molecule has 2 aromatic carbocycles. The molecule has 0 fully saturated rings. The molecule has 3 heterocycles. The molecule has 2 aromatic heterocycles. The predicted octanol–water partition coefficient (Wildman–Crippen LogP) is 3.89. The highest BCUT2D eigenvalue weighted by atomic mass is 16.5. The Kier molecular flexibility index (Phi) is 4.68. The summed E-state index contributed by atoms with van der Waals surface area (Å²) in [5, 5.41) is 4.10. The number of aromatic nitrogens is 4. The van der Waals surface area contributed by atoms with E-state index in [1.54, 1.807) is 20.5 Å². The highest BCUT2D eigenvalue weighted by Gasteiger charge is 2.26. The number of nitrogens with zero attached hydrogens (tertiary/aromatic N) is 4. The van der Waals surface area contributed by atoms with Crippen molar-refractivity contribution in [3.8, 4) is 34.5 Å². The van der Waals surface area contributed by atoms with E-state index in [1.165, 1.54) is 0 Å². The lowest BCUT2D eigenvalue weighted by Gasteiger charge is -2.25. The Morgan fingerprint density at radius 2 is 1.67 bits per heavy atom. The summed E-state index contributed by atoms with van der Waals surface area (Å²) in [7, 11) is 3.29. The molecule has 1 atom stereocenters. The summed E-state index contributed by atoms with van der Waals surface area (Å²) in [4.78, 5) is 9.02. The van der Waals surface area contributed by atoms with E-state index in [0.717, 1.165) is 28.3 Å². The van der Waals surface area contributed by atoms with Crippen LogP contribution in [0.15, 0.2) is 59.4 Å². The summed E-state index contributed by atoms with van der Waals surface area (Å²) in [5.41, 5.74) is 3.51. The second-order valence-electron chi connectivity index (χ2n) is 6.92. The quantitative estimate of drug-likeness (QED) is 0.499. The van der Waals surface area contributed by atoms with Gasteiger partial charge in [0.25, 0.3) is 5.89 Å². The molecule has 5 rings (SSSR count). The van der Waals surface area contributed by atoms with Gasteiger partial charge in [0.2, 0.25) is 5.82 Å². The van der Waals surface area contributed by atoms with E-state index in [4.69, 9.17) is 18.7 Å². The molecule has 0 saturated carbocycles. The van der Waals surface area contributed by atoms with Crippen LogP contribution in [0, 0.1) is 0 Å². The van der Waals surface area contributed by atoms with Gasteiger partial charge in [0.05, 0.1) is 39.4 Å². The Hall–Kier alpha value is -3.65. The summed E-state index contributed by atoms with van der Waals surface area (Å²) in [6, 6.07) is 15.4. The van der Waals surface area contributed by atoms with Crippen LogP contribution in [0.1, 0.15) is 17.4 Å². The van der Waals surface area contributed by atoms with E-state index < -0.39 is 0 Å². The van der Waals surface area contributed by atoms with Crippen LogP contribution in [-0.4, -0.2) is 33.9 Å². The molecule has 0 unspecified atom stereocenters. The van der Waals surface area contributed by atoms with Crippen LogP contribution in [0.5, 0.6) is 11.5 Å². The number of imidazole rings is 1. The zero-order chi connectivity index (χ0) is 20.5. The van der Waals surface area contributed by atoms with Crippen LogP contribution < -0.4 is 9.47 Å². The predicted molar refractivity (Wildman–Crippen MR) is 108 cm³/mol. The molecule has 1 aliphatic heterocycles. The molecule has 8 heteroatoms. The highest BCUT2D eigenvalue weighted by Crippen LogP contribution is 2.32. The van der Waals surface area contributed by atoms with Gasteiger partial charge in [0.15, 0.2) is 5.69 Å². The molecule has 0 radical (unpaired) electrons. The SMILES string of the molecule is COc1ccc(-c2noc(-c3ncn4c3CO[C@H](c3ccc(OC)cc3)C4)n2)cc1. The molecule has 0 saturated heterocycles.